The summed E-state index contributed by atoms with van der Waals surface area (Å²) in [4.78, 5) is 4.31. The van der Waals surface area contributed by atoms with Crippen LogP contribution in [0.3, 0.4) is 0 Å². The van der Waals surface area contributed by atoms with E-state index in [1.165, 1.54) is 0 Å². The van der Waals surface area contributed by atoms with Crippen LogP contribution in [0.25, 0.3) is 16.7 Å². The van der Waals surface area contributed by atoms with E-state index in [-0.39, 0.29) is 0 Å². The van der Waals surface area contributed by atoms with Crippen molar-refractivity contribution in [2.24, 2.45) is 0 Å². The summed E-state index contributed by atoms with van der Waals surface area (Å²) in [6, 6.07) is 11.0. The van der Waals surface area contributed by atoms with Crippen molar-refractivity contribution in [3.63, 3.8) is 0 Å². The SMILES string of the molecule is Nc1nc2cccc(Cl)c2n1-c1cc(Cl)ccc1Br. The summed E-state index contributed by atoms with van der Waals surface area (Å²) in [5, 5.41) is 1.21. The van der Waals surface area contributed by atoms with E-state index in [1.807, 2.05) is 24.3 Å². The second kappa shape index (κ2) is 4.71. The predicted molar refractivity (Wildman–Crippen MR) is 83.2 cm³/mol. The van der Waals surface area contributed by atoms with Gasteiger partial charge in [0.1, 0.15) is 0 Å². The molecule has 0 amide bonds. The first-order valence-electron chi connectivity index (χ1n) is 5.46. The summed E-state index contributed by atoms with van der Waals surface area (Å²) in [6.45, 7) is 0. The smallest absolute Gasteiger partial charge is 0.206 e. The van der Waals surface area contributed by atoms with Gasteiger partial charge in [0.15, 0.2) is 0 Å². The Hall–Kier alpha value is -1.23. The Labute approximate surface area is 128 Å². The van der Waals surface area contributed by atoms with Gasteiger partial charge in [0.05, 0.1) is 21.7 Å². The zero-order chi connectivity index (χ0) is 13.6. The average Bonchev–Trinajstić information content (AvgIpc) is 2.70. The molecule has 6 heteroatoms. The highest BCUT2D eigenvalue weighted by molar-refractivity contribution is 9.10. The molecule has 0 atom stereocenters. The molecule has 0 aliphatic heterocycles. The fourth-order valence-corrected chi connectivity index (χ4v) is 2.85. The lowest BCUT2D eigenvalue weighted by Crippen LogP contribution is -2.01. The van der Waals surface area contributed by atoms with Crippen molar-refractivity contribution in [2.45, 2.75) is 0 Å². The molecule has 2 aromatic carbocycles. The number of rotatable bonds is 1. The van der Waals surface area contributed by atoms with Gasteiger partial charge in [0, 0.05) is 9.50 Å². The van der Waals surface area contributed by atoms with Gasteiger partial charge in [-0.3, -0.25) is 4.57 Å². The molecule has 19 heavy (non-hydrogen) atoms. The van der Waals surface area contributed by atoms with Gasteiger partial charge in [-0.05, 0) is 46.3 Å². The molecular weight excluding hydrogens is 349 g/mol. The quantitative estimate of drug-likeness (QED) is 0.688. The van der Waals surface area contributed by atoms with Crippen molar-refractivity contribution >= 4 is 56.1 Å². The molecule has 0 fully saturated rings. The number of anilines is 1. The molecule has 96 valence electrons. The van der Waals surface area contributed by atoms with Crippen LogP contribution < -0.4 is 5.73 Å². The van der Waals surface area contributed by atoms with Crippen LogP contribution in [-0.4, -0.2) is 9.55 Å². The molecule has 1 heterocycles. The monoisotopic (exact) mass is 355 g/mol. The maximum atomic E-state index is 6.25. The van der Waals surface area contributed by atoms with E-state index in [0.29, 0.717) is 16.0 Å². The fraction of sp³-hybridized carbons (Fsp3) is 0. The number of hydrogen-bond acceptors (Lipinski definition) is 2. The number of fused-ring (bicyclic) bond motifs is 1. The number of nitrogen functional groups attached to an aromatic ring is 1. The molecule has 0 radical (unpaired) electrons. The zero-order valence-electron chi connectivity index (χ0n) is 9.57. The van der Waals surface area contributed by atoms with Crippen molar-refractivity contribution in [1.82, 2.24) is 9.55 Å². The van der Waals surface area contributed by atoms with E-state index in [1.54, 1.807) is 16.7 Å². The minimum atomic E-state index is 0.367. The number of nitrogens with two attached hydrogens (primary N) is 1. The fourth-order valence-electron chi connectivity index (χ4n) is 2.00. The van der Waals surface area contributed by atoms with E-state index < -0.39 is 0 Å². The second-order valence-electron chi connectivity index (χ2n) is 4.01. The van der Waals surface area contributed by atoms with Gasteiger partial charge in [-0.2, -0.15) is 0 Å². The van der Waals surface area contributed by atoms with Gasteiger partial charge >= 0.3 is 0 Å². The van der Waals surface area contributed by atoms with Crippen LogP contribution in [0.2, 0.25) is 10.0 Å². The molecule has 0 unspecified atom stereocenters. The molecule has 0 spiro atoms. The topological polar surface area (TPSA) is 43.8 Å². The Kier molecular flexibility index (Phi) is 3.17. The minimum Gasteiger partial charge on any atom is -0.369 e. The first-order chi connectivity index (χ1) is 9.08. The number of para-hydroxylation sites is 1. The molecule has 0 aliphatic rings. The third kappa shape index (κ3) is 2.10. The summed E-state index contributed by atoms with van der Waals surface area (Å²) in [5.74, 6) is 0.367. The highest BCUT2D eigenvalue weighted by Gasteiger charge is 2.15. The van der Waals surface area contributed by atoms with Crippen LogP contribution >= 0.6 is 39.1 Å². The lowest BCUT2D eigenvalue weighted by atomic mass is 10.3. The van der Waals surface area contributed by atoms with Crippen LogP contribution in [0.1, 0.15) is 0 Å². The normalized spacial score (nSPS) is 11.1. The van der Waals surface area contributed by atoms with Crippen LogP contribution in [0.15, 0.2) is 40.9 Å². The predicted octanol–water partition coefficient (Wildman–Crippen LogP) is 4.68. The molecule has 2 N–H and O–H groups in total. The van der Waals surface area contributed by atoms with Crippen molar-refractivity contribution < 1.29 is 0 Å². The summed E-state index contributed by atoms with van der Waals surface area (Å²) >= 11 is 15.8. The third-order valence-corrected chi connectivity index (χ3v) is 4.01. The molecule has 0 bridgehead atoms. The summed E-state index contributed by atoms with van der Waals surface area (Å²) in [7, 11) is 0. The van der Waals surface area contributed by atoms with Crippen molar-refractivity contribution in [1.29, 1.82) is 0 Å². The summed E-state index contributed by atoms with van der Waals surface area (Å²) in [6.07, 6.45) is 0. The molecule has 3 rings (SSSR count). The number of aromatic nitrogens is 2. The number of imidazole rings is 1. The third-order valence-electron chi connectivity index (χ3n) is 2.80. The molecule has 1 aromatic heterocycles. The Morgan fingerprint density at radius 2 is 1.95 bits per heavy atom. The Bertz CT molecular complexity index is 783. The van der Waals surface area contributed by atoms with E-state index in [2.05, 4.69) is 20.9 Å². The van der Waals surface area contributed by atoms with Gasteiger partial charge < -0.3 is 5.73 Å². The van der Waals surface area contributed by atoms with Crippen LogP contribution in [-0.2, 0) is 0 Å². The van der Waals surface area contributed by atoms with Crippen LogP contribution in [0, 0.1) is 0 Å². The van der Waals surface area contributed by atoms with Crippen LogP contribution in [0.4, 0.5) is 5.95 Å². The van der Waals surface area contributed by atoms with Gasteiger partial charge in [0.25, 0.3) is 0 Å². The Morgan fingerprint density at radius 3 is 2.74 bits per heavy atom. The van der Waals surface area contributed by atoms with E-state index >= 15 is 0 Å². The largest absolute Gasteiger partial charge is 0.369 e. The summed E-state index contributed by atoms with van der Waals surface area (Å²) in [5.41, 5.74) is 8.32. The Balaban J connectivity index is 2.42. The number of hydrogen-bond donors (Lipinski definition) is 1. The maximum Gasteiger partial charge on any atom is 0.206 e. The lowest BCUT2D eigenvalue weighted by molar-refractivity contribution is 1.10. The summed E-state index contributed by atoms with van der Waals surface area (Å²) < 4.78 is 2.65. The maximum absolute atomic E-state index is 6.25. The number of benzene rings is 2. The molecule has 3 nitrogen and oxygen atoms in total. The van der Waals surface area contributed by atoms with E-state index in [0.717, 1.165) is 21.2 Å². The van der Waals surface area contributed by atoms with Crippen molar-refractivity contribution in [3.05, 3.63) is 50.9 Å². The molecular formula is C13H8BrCl2N3. The number of nitrogens with zero attached hydrogens (tertiary/aromatic N) is 2. The van der Waals surface area contributed by atoms with Gasteiger partial charge in [-0.1, -0.05) is 29.3 Å². The average molecular weight is 357 g/mol. The molecule has 3 aromatic rings. The molecule has 0 saturated carbocycles. The van der Waals surface area contributed by atoms with Gasteiger partial charge in [0.2, 0.25) is 5.95 Å². The Morgan fingerprint density at radius 1 is 1.16 bits per heavy atom. The lowest BCUT2D eigenvalue weighted by Gasteiger charge is -2.10. The van der Waals surface area contributed by atoms with Crippen LogP contribution in [0.5, 0.6) is 0 Å². The first-order valence-corrected chi connectivity index (χ1v) is 7.00. The zero-order valence-corrected chi connectivity index (χ0v) is 12.7. The molecule has 0 aliphatic carbocycles. The highest BCUT2D eigenvalue weighted by atomic mass is 79.9. The van der Waals surface area contributed by atoms with E-state index in [9.17, 15) is 0 Å². The standard InChI is InChI=1S/C13H8BrCl2N3/c14-8-5-4-7(15)6-11(8)19-12-9(16)2-1-3-10(12)18-13(19)17/h1-6H,(H2,17,18). The van der Waals surface area contributed by atoms with Gasteiger partial charge in [-0.25, -0.2) is 4.98 Å². The van der Waals surface area contributed by atoms with Crippen molar-refractivity contribution in [2.75, 3.05) is 5.73 Å². The first kappa shape index (κ1) is 12.8. The number of halogens is 3. The van der Waals surface area contributed by atoms with E-state index in [4.69, 9.17) is 28.9 Å². The van der Waals surface area contributed by atoms with Gasteiger partial charge in [-0.15, -0.1) is 0 Å². The second-order valence-corrected chi connectivity index (χ2v) is 5.71. The van der Waals surface area contributed by atoms with Crippen molar-refractivity contribution in [3.8, 4) is 5.69 Å². The minimum absolute atomic E-state index is 0.367. The molecule has 0 saturated heterocycles. The highest BCUT2D eigenvalue weighted by Crippen LogP contribution is 2.33.